The van der Waals surface area contributed by atoms with Crippen LogP contribution in [0.5, 0.6) is 0 Å². The fourth-order valence-corrected chi connectivity index (χ4v) is 7.05. The number of hydrogen-bond donors (Lipinski definition) is 2. The molecular formula is C29H33FN4O2. The molecule has 2 saturated carbocycles. The number of nitrogens with one attached hydrogen (secondary N) is 2. The molecule has 6 nitrogen and oxygen atoms in total. The van der Waals surface area contributed by atoms with Crippen molar-refractivity contribution in [3.8, 4) is 6.07 Å². The molecule has 36 heavy (non-hydrogen) atoms. The number of carbonyl (C=O) groups excluding carboxylic acids is 2. The molecule has 0 aromatic heterocycles. The molecule has 2 aromatic rings. The Balaban J connectivity index is 1.26. The molecule has 5 rings (SSSR count). The van der Waals surface area contributed by atoms with E-state index in [1.165, 1.54) is 12.1 Å². The number of halogens is 1. The second-order valence-corrected chi connectivity index (χ2v) is 11.5. The number of carbonyl (C=O) groups is 2. The molecule has 2 aromatic carbocycles. The van der Waals surface area contributed by atoms with Crippen molar-refractivity contribution < 1.29 is 14.0 Å². The maximum atomic E-state index is 13.6. The number of nitriles is 1. The lowest BCUT2D eigenvalue weighted by Gasteiger charge is -2.55. The highest BCUT2D eigenvalue weighted by molar-refractivity contribution is 5.94. The van der Waals surface area contributed by atoms with Gasteiger partial charge >= 0.3 is 0 Å². The summed E-state index contributed by atoms with van der Waals surface area (Å²) in [6.45, 7) is 5.57. The van der Waals surface area contributed by atoms with Crippen molar-refractivity contribution in [2.45, 2.75) is 70.1 Å². The summed E-state index contributed by atoms with van der Waals surface area (Å²) in [6.07, 6.45) is 4.74. The Morgan fingerprint density at radius 2 is 1.86 bits per heavy atom. The van der Waals surface area contributed by atoms with Gasteiger partial charge in [0.2, 0.25) is 5.91 Å². The van der Waals surface area contributed by atoms with Crippen LogP contribution in [0.2, 0.25) is 0 Å². The number of rotatable bonds is 5. The van der Waals surface area contributed by atoms with Crippen LogP contribution in [0, 0.1) is 29.0 Å². The maximum Gasteiger partial charge on any atom is 0.251 e. The Morgan fingerprint density at radius 1 is 1.11 bits per heavy atom. The number of amides is 2. The van der Waals surface area contributed by atoms with Gasteiger partial charge < -0.3 is 15.5 Å². The number of nitrogens with zero attached hydrogens (tertiary/aromatic N) is 2. The highest BCUT2D eigenvalue weighted by atomic mass is 19.1. The zero-order valence-corrected chi connectivity index (χ0v) is 20.9. The van der Waals surface area contributed by atoms with Crippen LogP contribution in [0.15, 0.2) is 42.5 Å². The van der Waals surface area contributed by atoms with E-state index in [2.05, 4.69) is 30.6 Å². The minimum absolute atomic E-state index is 0.0182. The molecule has 2 fully saturated rings. The van der Waals surface area contributed by atoms with Crippen LogP contribution in [0.4, 0.5) is 4.39 Å². The molecule has 1 heterocycles. The Kier molecular flexibility index (Phi) is 6.34. The van der Waals surface area contributed by atoms with E-state index in [1.807, 2.05) is 0 Å². The molecule has 4 atom stereocenters. The summed E-state index contributed by atoms with van der Waals surface area (Å²) in [4.78, 5) is 28.0. The lowest BCUT2D eigenvalue weighted by atomic mass is 9.58. The van der Waals surface area contributed by atoms with Crippen LogP contribution in [-0.2, 0) is 17.9 Å². The third kappa shape index (κ3) is 5.01. The van der Waals surface area contributed by atoms with Gasteiger partial charge in [0.05, 0.1) is 18.2 Å². The van der Waals surface area contributed by atoms with E-state index >= 15 is 0 Å². The number of fused-ring (bicyclic) bond motifs is 3. The second-order valence-electron chi connectivity index (χ2n) is 11.5. The molecule has 4 unspecified atom stereocenters. The lowest BCUT2D eigenvalue weighted by Crippen LogP contribution is -2.64. The lowest BCUT2D eigenvalue weighted by molar-refractivity contribution is -0.131. The summed E-state index contributed by atoms with van der Waals surface area (Å²) in [7, 11) is 0. The highest BCUT2D eigenvalue weighted by Gasteiger charge is 2.50. The van der Waals surface area contributed by atoms with Crippen molar-refractivity contribution in [3.63, 3.8) is 0 Å². The molecule has 2 aliphatic carbocycles. The minimum Gasteiger partial charge on any atom is -0.347 e. The molecule has 0 spiro atoms. The molecule has 7 heteroatoms. The topological polar surface area (TPSA) is 85.2 Å². The fourth-order valence-electron chi connectivity index (χ4n) is 7.05. The van der Waals surface area contributed by atoms with Crippen molar-refractivity contribution in [1.82, 2.24) is 15.5 Å². The van der Waals surface area contributed by atoms with E-state index in [1.54, 1.807) is 35.2 Å². The predicted octanol–water partition coefficient (Wildman–Crippen LogP) is 4.29. The first-order valence-electron chi connectivity index (χ1n) is 12.8. The Hall–Kier alpha value is -3.24. The van der Waals surface area contributed by atoms with Gasteiger partial charge in [0, 0.05) is 29.7 Å². The van der Waals surface area contributed by atoms with Gasteiger partial charge in [-0.05, 0) is 98.4 Å². The third-order valence-electron chi connectivity index (χ3n) is 8.17. The molecule has 0 radical (unpaired) electrons. The molecular weight excluding hydrogens is 455 g/mol. The van der Waals surface area contributed by atoms with E-state index in [4.69, 9.17) is 5.26 Å². The monoisotopic (exact) mass is 488 g/mol. The van der Waals surface area contributed by atoms with Crippen molar-refractivity contribution in [2.24, 2.45) is 11.8 Å². The SMILES string of the molecule is CC1CC2CC(C)(NC(=O)c3ccc(C#N)cc3)CC(NCC(=O)N3Cc4ccc(F)cc4C3)(C1)C2. The molecule has 0 saturated heterocycles. The van der Waals surface area contributed by atoms with Crippen LogP contribution < -0.4 is 10.6 Å². The van der Waals surface area contributed by atoms with Crippen LogP contribution in [0.1, 0.15) is 73.0 Å². The molecule has 2 amide bonds. The Bertz CT molecular complexity index is 1220. The standard InChI is InChI=1S/C29H33FN4O2/c1-19-9-21-12-28(2,33-27(36)22-5-3-20(14-31)4-6-22)18-29(11-19,13-21)32-15-26(35)34-16-23-7-8-25(30)10-24(23)17-34/h3-8,10,19,21,32H,9,11-13,15-18H2,1-2H3,(H,33,36). The van der Waals surface area contributed by atoms with Crippen LogP contribution in [0.3, 0.4) is 0 Å². The minimum atomic E-state index is -0.397. The summed E-state index contributed by atoms with van der Waals surface area (Å²) >= 11 is 0. The summed E-state index contributed by atoms with van der Waals surface area (Å²) in [6, 6.07) is 13.5. The average molecular weight is 489 g/mol. The van der Waals surface area contributed by atoms with Crippen LogP contribution in [-0.4, -0.2) is 34.3 Å². The molecule has 3 aliphatic rings. The smallest absolute Gasteiger partial charge is 0.251 e. The molecule has 188 valence electrons. The van der Waals surface area contributed by atoms with Gasteiger partial charge in [-0.3, -0.25) is 9.59 Å². The van der Waals surface area contributed by atoms with E-state index in [9.17, 15) is 14.0 Å². The van der Waals surface area contributed by atoms with Crippen molar-refractivity contribution in [3.05, 3.63) is 70.5 Å². The highest BCUT2D eigenvalue weighted by Crippen LogP contribution is 2.49. The van der Waals surface area contributed by atoms with Crippen molar-refractivity contribution in [2.75, 3.05) is 6.54 Å². The zero-order valence-electron chi connectivity index (χ0n) is 20.9. The Labute approximate surface area is 211 Å². The summed E-state index contributed by atoms with van der Waals surface area (Å²) < 4.78 is 13.6. The zero-order chi connectivity index (χ0) is 25.5. The normalized spacial score (nSPS) is 28.8. The van der Waals surface area contributed by atoms with Crippen molar-refractivity contribution >= 4 is 11.8 Å². The van der Waals surface area contributed by atoms with E-state index in [-0.39, 0.29) is 29.7 Å². The van der Waals surface area contributed by atoms with E-state index in [0.29, 0.717) is 36.1 Å². The van der Waals surface area contributed by atoms with Crippen LogP contribution >= 0.6 is 0 Å². The van der Waals surface area contributed by atoms with Gasteiger partial charge in [-0.15, -0.1) is 0 Å². The van der Waals surface area contributed by atoms with Gasteiger partial charge in [0.25, 0.3) is 5.91 Å². The fraction of sp³-hybridized carbons (Fsp3) is 0.483. The quantitative estimate of drug-likeness (QED) is 0.658. The largest absolute Gasteiger partial charge is 0.347 e. The van der Waals surface area contributed by atoms with Gasteiger partial charge in [-0.2, -0.15) is 5.26 Å². The number of benzene rings is 2. The van der Waals surface area contributed by atoms with Crippen LogP contribution in [0.25, 0.3) is 0 Å². The number of hydrogen-bond acceptors (Lipinski definition) is 4. The van der Waals surface area contributed by atoms with Gasteiger partial charge in [0.1, 0.15) is 5.82 Å². The summed E-state index contributed by atoms with van der Waals surface area (Å²) in [5.74, 6) is 0.624. The Morgan fingerprint density at radius 3 is 2.61 bits per heavy atom. The van der Waals surface area contributed by atoms with E-state index in [0.717, 1.165) is 43.2 Å². The third-order valence-corrected chi connectivity index (χ3v) is 8.17. The molecule has 2 bridgehead atoms. The molecule has 2 N–H and O–H groups in total. The average Bonchev–Trinajstić information content (AvgIpc) is 3.24. The van der Waals surface area contributed by atoms with E-state index < -0.39 is 5.54 Å². The second kappa shape index (κ2) is 9.33. The van der Waals surface area contributed by atoms with Gasteiger partial charge in [-0.1, -0.05) is 13.0 Å². The summed E-state index contributed by atoms with van der Waals surface area (Å²) in [5.41, 5.74) is 2.33. The predicted molar refractivity (Wildman–Crippen MR) is 134 cm³/mol. The maximum absolute atomic E-state index is 13.6. The first-order chi connectivity index (χ1) is 17.2. The molecule has 1 aliphatic heterocycles. The van der Waals surface area contributed by atoms with Gasteiger partial charge in [0.15, 0.2) is 0 Å². The first-order valence-corrected chi connectivity index (χ1v) is 12.8. The van der Waals surface area contributed by atoms with Crippen molar-refractivity contribution in [1.29, 1.82) is 5.26 Å². The summed E-state index contributed by atoms with van der Waals surface area (Å²) in [5, 5.41) is 16.0. The van der Waals surface area contributed by atoms with Gasteiger partial charge in [-0.25, -0.2) is 4.39 Å². The first kappa shape index (κ1) is 24.5.